The maximum Gasteiger partial charge on any atom is 0.262 e. The zero-order chi connectivity index (χ0) is 6.91. The molecule has 0 atom stereocenters. The predicted molar refractivity (Wildman–Crippen MR) is 33.8 cm³/mol. The molecule has 1 aromatic heterocycles. The summed E-state index contributed by atoms with van der Waals surface area (Å²) < 4.78 is 20.9. The molecule has 0 fully saturated rings. The number of halogens is 1. The average molecular weight is 166 g/mol. The van der Waals surface area contributed by atoms with Gasteiger partial charge in [0, 0.05) is 23.1 Å². The molecule has 0 bridgehead atoms. The van der Waals surface area contributed by atoms with E-state index >= 15 is 0 Å². The molecule has 0 radical (unpaired) electrons. The maximum absolute atomic E-state index is 10.4. The van der Waals surface area contributed by atoms with E-state index in [1.54, 1.807) is 0 Å². The van der Waals surface area contributed by atoms with Crippen LogP contribution in [0.15, 0.2) is 23.4 Å². The lowest BCUT2D eigenvalue weighted by atomic mass is 10.7. The van der Waals surface area contributed by atoms with Crippen molar-refractivity contribution in [3.05, 3.63) is 18.5 Å². The highest BCUT2D eigenvalue weighted by Gasteiger charge is 2.07. The SMILES string of the molecule is O=S(=O)(Cl)c1cc[nH]c1. The second kappa shape index (κ2) is 2.04. The van der Waals surface area contributed by atoms with Crippen LogP contribution in [0.3, 0.4) is 0 Å². The number of hydrogen-bond donors (Lipinski definition) is 1. The van der Waals surface area contributed by atoms with Crippen molar-refractivity contribution in [2.24, 2.45) is 0 Å². The van der Waals surface area contributed by atoms with Crippen LogP contribution >= 0.6 is 10.7 Å². The summed E-state index contributed by atoms with van der Waals surface area (Å²) in [6, 6.07) is 1.39. The largest absolute Gasteiger partial charge is 0.366 e. The molecule has 3 nitrogen and oxygen atoms in total. The third kappa shape index (κ3) is 1.46. The molecule has 0 saturated heterocycles. The van der Waals surface area contributed by atoms with Gasteiger partial charge in [0.1, 0.15) is 0 Å². The van der Waals surface area contributed by atoms with Crippen LogP contribution in [0.5, 0.6) is 0 Å². The van der Waals surface area contributed by atoms with E-state index in [1.807, 2.05) is 0 Å². The van der Waals surface area contributed by atoms with Gasteiger partial charge in [0.25, 0.3) is 9.05 Å². The molecular weight excluding hydrogens is 162 g/mol. The van der Waals surface area contributed by atoms with Gasteiger partial charge in [0.2, 0.25) is 0 Å². The first-order valence-corrected chi connectivity index (χ1v) is 4.49. The van der Waals surface area contributed by atoms with Gasteiger partial charge in [0.05, 0.1) is 4.90 Å². The van der Waals surface area contributed by atoms with Gasteiger partial charge in [-0.25, -0.2) is 8.42 Å². The van der Waals surface area contributed by atoms with Gasteiger partial charge < -0.3 is 4.98 Å². The first-order chi connectivity index (χ1) is 4.11. The Morgan fingerprint density at radius 1 is 1.56 bits per heavy atom. The van der Waals surface area contributed by atoms with E-state index in [0.717, 1.165) is 0 Å². The van der Waals surface area contributed by atoms with Crippen molar-refractivity contribution in [3.8, 4) is 0 Å². The van der Waals surface area contributed by atoms with E-state index in [2.05, 4.69) is 4.98 Å². The van der Waals surface area contributed by atoms with Gasteiger partial charge in [-0.3, -0.25) is 0 Å². The van der Waals surface area contributed by atoms with Crippen LogP contribution in [0.1, 0.15) is 0 Å². The third-order valence-electron chi connectivity index (χ3n) is 0.851. The van der Waals surface area contributed by atoms with Crippen LogP contribution in [0.4, 0.5) is 0 Å². The number of rotatable bonds is 1. The highest BCUT2D eigenvalue weighted by Crippen LogP contribution is 2.11. The van der Waals surface area contributed by atoms with Gasteiger partial charge in [-0.2, -0.15) is 0 Å². The van der Waals surface area contributed by atoms with Crippen LogP contribution in [-0.2, 0) is 9.05 Å². The molecule has 50 valence electrons. The Morgan fingerprint density at radius 2 is 2.22 bits per heavy atom. The molecule has 1 rings (SSSR count). The fraction of sp³-hybridized carbons (Fsp3) is 0. The lowest BCUT2D eigenvalue weighted by Gasteiger charge is -1.83. The summed E-state index contributed by atoms with van der Waals surface area (Å²) in [5.74, 6) is 0. The van der Waals surface area contributed by atoms with E-state index in [1.165, 1.54) is 18.5 Å². The third-order valence-corrected chi connectivity index (χ3v) is 2.20. The van der Waals surface area contributed by atoms with Crippen molar-refractivity contribution in [3.63, 3.8) is 0 Å². The summed E-state index contributed by atoms with van der Waals surface area (Å²) in [4.78, 5) is 2.67. The summed E-state index contributed by atoms with van der Waals surface area (Å²) in [7, 11) is 1.43. The quantitative estimate of drug-likeness (QED) is 0.630. The average Bonchev–Trinajstić information content (AvgIpc) is 2.08. The van der Waals surface area contributed by atoms with Crippen molar-refractivity contribution in [1.82, 2.24) is 4.98 Å². The Morgan fingerprint density at radius 3 is 2.44 bits per heavy atom. The van der Waals surface area contributed by atoms with Gasteiger partial charge in [-0.15, -0.1) is 0 Å². The van der Waals surface area contributed by atoms with E-state index in [4.69, 9.17) is 10.7 Å². The Balaban J connectivity index is 3.20. The smallest absolute Gasteiger partial charge is 0.262 e. The van der Waals surface area contributed by atoms with Crippen molar-refractivity contribution < 1.29 is 8.42 Å². The lowest BCUT2D eigenvalue weighted by molar-refractivity contribution is 0.609. The highest BCUT2D eigenvalue weighted by atomic mass is 35.7. The molecule has 1 aromatic rings. The predicted octanol–water partition coefficient (Wildman–Crippen LogP) is 0.942. The number of aromatic nitrogens is 1. The summed E-state index contributed by atoms with van der Waals surface area (Å²) >= 11 is 0. The Hall–Kier alpha value is -0.480. The minimum absolute atomic E-state index is 0.101. The molecule has 0 aromatic carbocycles. The number of aromatic amines is 1. The van der Waals surface area contributed by atoms with Crippen LogP contribution in [-0.4, -0.2) is 13.4 Å². The van der Waals surface area contributed by atoms with Gasteiger partial charge >= 0.3 is 0 Å². The summed E-state index contributed by atoms with van der Waals surface area (Å²) in [5.41, 5.74) is 0. The minimum atomic E-state index is -3.52. The maximum atomic E-state index is 10.4. The molecule has 0 aliphatic rings. The second-order valence-corrected chi connectivity index (χ2v) is 4.05. The molecule has 0 spiro atoms. The molecular formula is C4H4ClNO2S. The van der Waals surface area contributed by atoms with Gasteiger partial charge in [-0.05, 0) is 6.07 Å². The van der Waals surface area contributed by atoms with Crippen LogP contribution in [0.25, 0.3) is 0 Å². The molecule has 9 heavy (non-hydrogen) atoms. The van der Waals surface area contributed by atoms with E-state index < -0.39 is 9.05 Å². The van der Waals surface area contributed by atoms with E-state index in [9.17, 15) is 8.42 Å². The van der Waals surface area contributed by atoms with Gasteiger partial charge in [-0.1, -0.05) is 0 Å². The van der Waals surface area contributed by atoms with Gasteiger partial charge in [0.15, 0.2) is 0 Å². The van der Waals surface area contributed by atoms with Crippen molar-refractivity contribution >= 4 is 19.7 Å². The lowest BCUT2D eigenvalue weighted by Crippen LogP contribution is -1.85. The van der Waals surface area contributed by atoms with Crippen molar-refractivity contribution in [2.75, 3.05) is 0 Å². The van der Waals surface area contributed by atoms with E-state index in [0.29, 0.717) is 0 Å². The Bertz CT molecular complexity index is 276. The highest BCUT2D eigenvalue weighted by molar-refractivity contribution is 8.13. The monoisotopic (exact) mass is 165 g/mol. The summed E-state index contributed by atoms with van der Waals surface area (Å²) in [6.45, 7) is 0. The Kier molecular flexibility index (Phi) is 1.50. The molecule has 0 unspecified atom stereocenters. The fourth-order valence-electron chi connectivity index (χ4n) is 0.460. The topological polar surface area (TPSA) is 49.9 Å². The fourth-order valence-corrected chi connectivity index (χ4v) is 1.19. The normalized spacial score (nSPS) is 11.7. The van der Waals surface area contributed by atoms with Crippen LogP contribution < -0.4 is 0 Å². The van der Waals surface area contributed by atoms with Crippen molar-refractivity contribution in [1.29, 1.82) is 0 Å². The van der Waals surface area contributed by atoms with Crippen LogP contribution in [0, 0.1) is 0 Å². The number of H-pyrrole nitrogens is 1. The zero-order valence-electron chi connectivity index (χ0n) is 4.33. The standard InChI is InChI=1S/C4H4ClNO2S/c5-9(7,8)4-1-2-6-3-4/h1-3,6H. The Labute approximate surface area is 57.1 Å². The molecule has 1 N–H and O–H groups in total. The number of hydrogen-bond acceptors (Lipinski definition) is 2. The molecule has 1 heterocycles. The number of nitrogens with one attached hydrogen (secondary N) is 1. The summed E-state index contributed by atoms with van der Waals surface area (Å²) in [6.07, 6.45) is 2.82. The summed E-state index contributed by atoms with van der Waals surface area (Å²) in [5, 5.41) is 0. The van der Waals surface area contributed by atoms with Crippen LogP contribution in [0.2, 0.25) is 0 Å². The molecule has 0 saturated carbocycles. The first kappa shape index (κ1) is 6.64. The molecule has 0 aliphatic carbocycles. The van der Waals surface area contributed by atoms with E-state index in [-0.39, 0.29) is 4.90 Å². The minimum Gasteiger partial charge on any atom is -0.366 e. The zero-order valence-corrected chi connectivity index (χ0v) is 5.91. The van der Waals surface area contributed by atoms with Crippen molar-refractivity contribution in [2.45, 2.75) is 4.90 Å². The first-order valence-electron chi connectivity index (χ1n) is 2.18. The molecule has 0 aliphatic heterocycles. The molecule has 0 amide bonds. The molecule has 5 heteroatoms. The second-order valence-electron chi connectivity index (χ2n) is 1.48.